The SMILES string of the molecule is CC1=CON(C)C=C1. The van der Waals surface area contributed by atoms with Crippen LogP contribution in [0, 0.1) is 0 Å². The second kappa shape index (κ2) is 1.90. The molecule has 1 aliphatic rings. The molecule has 0 aromatic heterocycles. The molecule has 0 bridgehead atoms. The third-order valence-corrected chi connectivity index (χ3v) is 0.952. The predicted octanol–water partition coefficient (Wildman–Crippen LogP) is 1.28. The summed E-state index contributed by atoms with van der Waals surface area (Å²) in [6.45, 7) is 1.99. The smallest absolute Gasteiger partial charge is 0.122 e. The molecule has 1 rings (SSSR count). The fourth-order valence-electron chi connectivity index (χ4n) is 0.463. The van der Waals surface area contributed by atoms with E-state index >= 15 is 0 Å². The molecule has 1 aliphatic heterocycles. The predicted molar refractivity (Wildman–Crippen MR) is 31.7 cm³/mol. The van der Waals surface area contributed by atoms with Gasteiger partial charge in [0.2, 0.25) is 0 Å². The van der Waals surface area contributed by atoms with Crippen molar-refractivity contribution in [3.8, 4) is 0 Å². The van der Waals surface area contributed by atoms with Crippen molar-refractivity contribution in [1.29, 1.82) is 0 Å². The molecule has 0 atom stereocenters. The molecule has 0 radical (unpaired) electrons. The minimum Gasteiger partial charge on any atom is -0.388 e. The van der Waals surface area contributed by atoms with Gasteiger partial charge >= 0.3 is 0 Å². The van der Waals surface area contributed by atoms with Crippen molar-refractivity contribution in [3.05, 3.63) is 24.1 Å². The lowest BCUT2D eigenvalue weighted by molar-refractivity contribution is -0.0357. The topological polar surface area (TPSA) is 12.5 Å². The molecule has 2 heteroatoms. The maximum atomic E-state index is 4.97. The molecule has 0 saturated carbocycles. The summed E-state index contributed by atoms with van der Waals surface area (Å²) in [4.78, 5) is 4.97. The molecular formula is C6H9NO. The van der Waals surface area contributed by atoms with Crippen molar-refractivity contribution < 1.29 is 4.84 Å². The van der Waals surface area contributed by atoms with Gasteiger partial charge in [-0.2, -0.15) is 0 Å². The molecule has 0 aromatic rings. The fourth-order valence-corrected chi connectivity index (χ4v) is 0.463. The van der Waals surface area contributed by atoms with Crippen LogP contribution in [0.15, 0.2) is 24.1 Å². The van der Waals surface area contributed by atoms with Crippen molar-refractivity contribution in [2.24, 2.45) is 0 Å². The zero-order valence-electron chi connectivity index (χ0n) is 5.09. The van der Waals surface area contributed by atoms with E-state index in [4.69, 9.17) is 4.84 Å². The van der Waals surface area contributed by atoms with Crippen LogP contribution in [-0.4, -0.2) is 12.1 Å². The van der Waals surface area contributed by atoms with E-state index in [1.807, 2.05) is 26.2 Å². The molecule has 0 N–H and O–H groups in total. The molecule has 0 fully saturated rings. The molecule has 0 amide bonds. The van der Waals surface area contributed by atoms with Crippen molar-refractivity contribution in [3.63, 3.8) is 0 Å². The summed E-state index contributed by atoms with van der Waals surface area (Å²) in [5.41, 5.74) is 1.14. The van der Waals surface area contributed by atoms with Crippen LogP contribution in [0.4, 0.5) is 0 Å². The van der Waals surface area contributed by atoms with Crippen molar-refractivity contribution in [1.82, 2.24) is 5.06 Å². The Morgan fingerprint density at radius 1 is 1.62 bits per heavy atom. The lowest BCUT2D eigenvalue weighted by Gasteiger charge is -2.15. The normalized spacial score (nSPS) is 17.8. The van der Waals surface area contributed by atoms with E-state index in [1.54, 1.807) is 11.3 Å². The molecule has 0 aromatic carbocycles. The van der Waals surface area contributed by atoms with E-state index in [0.717, 1.165) is 5.57 Å². The van der Waals surface area contributed by atoms with Crippen molar-refractivity contribution in [2.45, 2.75) is 6.92 Å². The first-order valence-corrected chi connectivity index (χ1v) is 2.53. The highest BCUT2D eigenvalue weighted by Crippen LogP contribution is 2.03. The number of allylic oxidation sites excluding steroid dienone is 2. The summed E-state index contributed by atoms with van der Waals surface area (Å²) in [5.74, 6) is 0. The Hall–Kier alpha value is -0.920. The van der Waals surface area contributed by atoms with E-state index in [0.29, 0.717) is 0 Å². The van der Waals surface area contributed by atoms with Gasteiger partial charge in [-0.25, -0.2) is 5.06 Å². The Morgan fingerprint density at radius 2 is 2.38 bits per heavy atom. The van der Waals surface area contributed by atoms with Gasteiger partial charge in [0.15, 0.2) is 0 Å². The second-order valence-electron chi connectivity index (χ2n) is 1.83. The van der Waals surface area contributed by atoms with Crippen LogP contribution in [0.1, 0.15) is 6.92 Å². The summed E-state index contributed by atoms with van der Waals surface area (Å²) < 4.78 is 0. The average molecular weight is 111 g/mol. The van der Waals surface area contributed by atoms with Gasteiger partial charge in [0.05, 0.1) is 0 Å². The van der Waals surface area contributed by atoms with Crippen LogP contribution in [-0.2, 0) is 4.84 Å². The maximum Gasteiger partial charge on any atom is 0.122 e. The lowest BCUT2D eigenvalue weighted by Crippen LogP contribution is -2.09. The van der Waals surface area contributed by atoms with E-state index in [-0.39, 0.29) is 0 Å². The Labute approximate surface area is 49.0 Å². The third-order valence-electron chi connectivity index (χ3n) is 0.952. The summed E-state index contributed by atoms with van der Waals surface area (Å²) in [6, 6.07) is 0. The van der Waals surface area contributed by atoms with Crippen LogP contribution in [0.2, 0.25) is 0 Å². The summed E-state index contributed by atoms with van der Waals surface area (Å²) in [6.07, 6.45) is 5.57. The van der Waals surface area contributed by atoms with Gasteiger partial charge in [-0.3, -0.25) is 0 Å². The van der Waals surface area contributed by atoms with Gasteiger partial charge in [-0.1, -0.05) is 0 Å². The fraction of sp³-hybridized carbons (Fsp3) is 0.333. The molecule has 0 unspecified atom stereocenters. The summed E-state index contributed by atoms with van der Waals surface area (Å²) >= 11 is 0. The van der Waals surface area contributed by atoms with Crippen molar-refractivity contribution in [2.75, 3.05) is 7.05 Å². The Kier molecular flexibility index (Phi) is 1.24. The van der Waals surface area contributed by atoms with Gasteiger partial charge in [-0.05, 0) is 18.6 Å². The number of hydrogen-bond acceptors (Lipinski definition) is 2. The number of hydroxylamine groups is 2. The van der Waals surface area contributed by atoms with Gasteiger partial charge in [0.1, 0.15) is 6.26 Å². The Bertz CT molecular complexity index is 137. The van der Waals surface area contributed by atoms with Gasteiger partial charge in [-0.15, -0.1) is 0 Å². The lowest BCUT2D eigenvalue weighted by atomic mass is 10.3. The molecular weight excluding hydrogens is 102 g/mol. The van der Waals surface area contributed by atoms with Crippen LogP contribution in [0.5, 0.6) is 0 Å². The Morgan fingerprint density at radius 3 is 2.75 bits per heavy atom. The van der Waals surface area contributed by atoms with Crippen LogP contribution >= 0.6 is 0 Å². The number of hydrogen-bond donors (Lipinski definition) is 0. The first-order valence-electron chi connectivity index (χ1n) is 2.53. The van der Waals surface area contributed by atoms with Gasteiger partial charge < -0.3 is 4.84 Å². The first kappa shape index (κ1) is 5.22. The summed E-state index contributed by atoms with van der Waals surface area (Å²) in [5, 5.41) is 1.65. The summed E-state index contributed by atoms with van der Waals surface area (Å²) in [7, 11) is 1.85. The zero-order chi connectivity index (χ0) is 5.98. The largest absolute Gasteiger partial charge is 0.388 e. The number of rotatable bonds is 0. The van der Waals surface area contributed by atoms with Crippen molar-refractivity contribution >= 4 is 0 Å². The molecule has 2 nitrogen and oxygen atoms in total. The minimum atomic E-state index is 1.14. The quantitative estimate of drug-likeness (QED) is 0.467. The van der Waals surface area contributed by atoms with Gasteiger partial charge in [0, 0.05) is 13.2 Å². The van der Waals surface area contributed by atoms with Crippen LogP contribution in [0.25, 0.3) is 0 Å². The molecule has 0 aliphatic carbocycles. The average Bonchev–Trinajstić information content (AvgIpc) is 1.77. The molecule has 8 heavy (non-hydrogen) atoms. The van der Waals surface area contributed by atoms with E-state index < -0.39 is 0 Å². The minimum absolute atomic E-state index is 1.14. The first-order chi connectivity index (χ1) is 3.79. The standard InChI is InChI=1S/C6H9NO/c1-6-3-4-7(2)8-5-6/h3-5H,1-2H3. The van der Waals surface area contributed by atoms with E-state index in [9.17, 15) is 0 Å². The number of nitrogens with zero attached hydrogens (tertiary/aromatic N) is 1. The highest BCUT2D eigenvalue weighted by atomic mass is 16.7. The maximum absolute atomic E-state index is 4.97. The third kappa shape index (κ3) is 1.03. The second-order valence-corrected chi connectivity index (χ2v) is 1.83. The monoisotopic (exact) mass is 111 g/mol. The van der Waals surface area contributed by atoms with Gasteiger partial charge in [0.25, 0.3) is 0 Å². The highest BCUT2D eigenvalue weighted by Gasteiger charge is 1.93. The zero-order valence-corrected chi connectivity index (χ0v) is 5.09. The molecule has 1 heterocycles. The van der Waals surface area contributed by atoms with E-state index in [2.05, 4.69) is 0 Å². The van der Waals surface area contributed by atoms with Crippen LogP contribution in [0.3, 0.4) is 0 Å². The molecule has 44 valence electrons. The molecule has 0 saturated heterocycles. The molecule has 0 spiro atoms. The Balaban J connectivity index is 2.58. The highest BCUT2D eigenvalue weighted by molar-refractivity contribution is 5.14. The van der Waals surface area contributed by atoms with Crippen LogP contribution < -0.4 is 0 Å². The van der Waals surface area contributed by atoms with E-state index in [1.165, 1.54) is 0 Å².